The van der Waals surface area contributed by atoms with E-state index in [1.54, 1.807) is 0 Å². The third-order valence-corrected chi connectivity index (χ3v) is 11.4. The van der Waals surface area contributed by atoms with Crippen molar-refractivity contribution >= 4 is 14.3 Å². The average molecular weight is 417 g/mol. The first-order valence-corrected chi connectivity index (χ1v) is 13.8. The molecule has 1 N–H and O–H groups in total. The molecule has 1 saturated heterocycles. The van der Waals surface area contributed by atoms with Gasteiger partial charge in [0.2, 0.25) is 0 Å². The summed E-state index contributed by atoms with van der Waals surface area (Å²) < 4.78 is 12.1. The van der Waals surface area contributed by atoms with Crippen LogP contribution >= 0.6 is 0 Å². The normalized spacial score (nSPS) is 28.6. The van der Waals surface area contributed by atoms with E-state index in [1.807, 2.05) is 6.07 Å². The summed E-state index contributed by atoms with van der Waals surface area (Å²) in [6, 6.07) is 10.5. The van der Waals surface area contributed by atoms with Crippen LogP contribution < -0.4 is 0 Å². The Morgan fingerprint density at radius 1 is 1.28 bits per heavy atom. The van der Waals surface area contributed by atoms with Gasteiger partial charge >= 0.3 is 5.97 Å². The minimum absolute atomic E-state index is 0.000343. The minimum atomic E-state index is -1.93. The molecule has 1 heterocycles. The maximum absolute atomic E-state index is 11.7. The number of ether oxygens (including phenoxy) is 1. The molecule has 0 bridgehead atoms. The number of hydrogen-bond donors (Lipinski definition) is 1. The molecular weight excluding hydrogens is 380 g/mol. The van der Waals surface area contributed by atoms with E-state index < -0.39 is 14.4 Å². The Kier molecular flexibility index (Phi) is 6.71. The predicted molar refractivity (Wildman–Crippen MR) is 118 cm³/mol. The monoisotopic (exact) mass is 416 g/mol. The zero-order valence-corrected chi connectivity index (χ0v) is 19.4. The quantitative estimate of drug-likeness (QED) is 0.391. The molecule has 1 aliphatic heterocycles. The molecule has 3 rings (SSSR count). The third-order valence-electron chi connectivity index (χ3n) is 6.94. The number of hydrogen-bond acceptors (Lipinski definition) is 4. The number of carbonyl (C=O) groups is 1. The maximum Gasteiger partial charge on any atom is 0.306 e. The van der Waals surface area contributed by atoms with E-state index in [-0.39, 0.29) is 35.1 Å². The van der Waals surface area contributed by atoms with E-state index in [2.05, 4.69) is 70.3 Å². The molecule has 4 nitrogen and oxygen atoms in total. The summed E-state index contributed by atoms with van der Waals surface area (Å²) in [6.07, 6.45) is 6.47. The molecular formula is C24H36O4Si. The number of carbonyl (C=O) groups excluding carboxylic acids is 1. The van der Waals surface area contributed by atoms with Crippen LogP contribution in [0.5, 0.6) is 0 Å². The average Bonchev–Trinajstić information content (AvgIpc) is 3.12. The summed E-state index contributed by atoms with van der Waals surface area (Å²) in [7, 11) is -1.93. The molecule has 2 aliphatic rings. The Morgan fingerprint density at radius 3 is 2.62 bits per heavy atom. The highest BCUT2D eigenvalue weighted by molar-refractivity contribution is 6.74. The van der Waals surface area contributed by atoms with Crippen molar-refractivity contribution in [3.63, 3.8) is 0 Å². The lowest BCUT2D eigenvalue weighted by Gasteiger charge is -2.39. The first-order chi connectivity index (χ1) is 13.6. The van der Waals surface area contributed by atoms with Gasteiger partial charge in [-0.2, -0.15) is 0 Å². The molecule has 1 saturated carbocycles. The largest absolute Gasteiger partial charge is 0.462 e. The molecule has 0 radical (unpaired) electrons. The van der Waals surface area contributed by atoms with Crippen molar-refractivity contribution in [2.45, 2.75) is 82.9 Å². The van der Waals surface area contributed by atoms with Crippen molar-refractivity contribution in [1.82, 2.24) is 0 Å². The Morgan fingerprint density at radius 2 is 1.97 bits per heavy atom. The van der Waals surface area contributed by atoms with Crippen LogP contribution in [0.2, 0.25) is 18.1 Å². The van der Waals surface area contributed by atoms with Crippen molar-refractivity contribution < 1.29 is 19.1 Å². The first-order valence-electron chi connectivity index (χ1n) is 10.8. The van der Waals surface area contributed by atoms with Crippen LogP contribution in [0.25, 0.3) is 0 Å². The lowest BCUT2D eigenvalue weighted by atomic mass is 9.91. The molecule has 5 heteroatoms. The highest BCUT2D eigenvalue weighted by Crippen LogP contribution is 2.42. The van der Waals surface area contributed by atoms with Crippen molar-refractivity contribution in [3.05, 3.63) is 48.0 Å². The van der Waals surface area contributed by atoms with Gasteiger partial charge in [0, 0.05) is 18.3 Å². The minimum Gasteiger partial charge on any atom is -0.462 e. The van der Waals surface area contributed by atoms with Crippen LogP contribution in [0, 0.1) is 11.8 Å². The van der Waals surface area contributed by atoms with Gasteiger partial charge in [0.15, 0.2) is 8.32 Å². The number of aliphatic hydroxyl groups excluding tert-OH is 1. The standard InChI is InChI=1S/C24H36O4Si/c1-24(2,3)29(4,5)28-18(12-11-17-9-7-6-8-10-17)13-14-19-20-15-23(26)27-22(20)16-21(19)25/h6-10,13-14,18-22,25H,11-12,15-16H2,1-5H3/b14-13+/t18-,19+,20+,21+,22-/m0/s1. The van der Waals surface area contributed by atoms with Crippen LogP contribution in [0.3, 0.4) is 0 Å². The van der Waals surface area contributed by atoms with E-state index >= 15 is 0 Å². The van der Waals surface area contributed by atoms with Gasteiger partial charge in [-0.1, -0.05) is 63.3 Å². The van der Waals surface area contributed by atoms with Crippen LogP contribution in [0.4, 0.5) is 0 Å². The summed E-state index contributed by atoms with van der Waals surface area (Å²) in [4.78, 5) is 11.7. The number of rotatable bonds is 7. The number of benzene rings is 1. The number of fused-ring (bicyclic) bond motifs is 1. The zero-order chi connectivity index (χ0) is 21.2. The summed E-state index contributed by atoms with van der Waals surface area (Å²) in [6.45, 7) is 11.3. The van der Waals surface area contributed by atoms with E-state index in [1.165, 1.54) is 5.56 Å². The van der Waals surface area contributed by atoms with Gasteiger partial charge in [0.1, 0.15) is 6.10 Å². The number of aliphatic hydroxyl groups is 1. The van der Waals surface area contributed by atoms with Crippen molar-refractivity contribution in [2.24, 2.45) is 11.8 Å². The van der Waals surface area contributed by atoms with Gasteiger partial charge in [0.05, 0.1) is 18.6 Å². The summed E-state index contributed by atoms with van der Waals surface area (Å²) in [5, 5.41) is 10.6. The van der Waals surface area contributed by atoms with E-state index in [0.29, 0.717) is 12.8 Å². The van der Waals surface area contributed by atoms with Gasteiger partial charge < -0.3 is 14.3 Å². The Balaban J connectivity index is 1.73. The summed E-state index contributed by atoms with van der Waals surface area (Å²) in [5.74, 6) is -0.0754. The first kappa shape index (κ1) is 22.3. The van der Waals surface area contributed by atoms with Gasteiger partial charge in [-0.3, -0.25) is 4.79 Å². The third kappa shape index (κ3) is 5.38. The van der Waals surface area contributed by atoms with Crippen LogP contribution in [0.1, 0.15) is 45.6 Å². The van der Waals surface area contributed by atoms with Crippen LogP contribution in [-0.4, -0.2) is 37.7 Å². The molecule has 29 heavy (non-hydrogen) atoms. The lowest BCUT2D eigenvalue weighted by molar-refractivity contribution is -0.141. The topological polar surface area (TPSA) is 55.8 Å². The second-order valence-corrected chi connectivity index (χ2v) is 14.9. The summed E-state index contributed by atoms with van der Waals surface area (Å²) >= 11 is 0. The van der Waals surface area contributed by atoms with Crippen LogP contribution in [0.15, 0.2) is 42.5 Å². The van der Waals surface area contributed by atoms with E-state index in [4.69, 9.17) is 9.16 Å². The van der Waals surface area contributed by atoms with Crippen molar-refractivity contribution in [1.29, 1.82) is 0 Å². The van der Waals surface area contributed by atoms with Gasteiger partial charge in [-0.05, 0) is 36.5 Å². The maximum atomic E-state index is 11.7. The lowest BCUT2D eigenvalue weighted by Crippen LogP contribution is -2.43. The molecule has 0 unspecified atom stereocenters. The van der Waals surface area contributed by atoms with Crippen LogP contribution in [-0.2, 0) is 20.4 Å². The van der Waals surface area contributed by atoms with E-state index in [0.717, 1.165) is 12.8 Å². The fourth-order valence-electron chi connectivity index (χ4n) is 4.14. The van der Waals surface area contributed by atoms with Crippen molar-refractivity contribution in [2.75, 3.05) is 0 Å². The molecule has 0 spiro atoms. The van der Waals surface area contributed by atoms with Gasteiger partial charge in [0.25, 0.3) is 0 Å². The predicted octanol–water partition coefficient (Wildman–Crippen LogP) is 4.88. The molecule has 2 fully saturated rings. The highest BCUT2D eigenvalue weighted by atomic mass is 28.4. The smallest absolute Gasteiger partial charge is 0.306 e. The van der Waals surface area contributed by atoms with Gasteiger partial charge in [-0.15, -0.1) is 0 Å². The molecule has 1 aromatic rings. The molecule has 160 valence electrons. The summed E-state index contributed by atoms with van der Waals surface area (Å²) in [5.41, 5.74) is 1.31. The highest BCUT2D eigenvalue weighted by Gasteiger charge is 2.48. The molecule has 0 aromatic heterocycles. The van der Waals surface area contributed by atoms with Gasteiger partial charge in [-0.25, -0.2) is 0 Å². The van der Waals surface area contributed by atoms with Crippen molar-refractivity contribution in [3.8, 4) is 0 Å². The second-order valence-electron chi connectivity index (χ2n) is 10.1. The van der Waals surface area contributed by atoms with E-state index in [9.17, 15) is 9.90 Å². The molecule has 0 amide bonds. The second kappa shape index (κ2) is 8.74. The fraction of sp³-hybridized carbons (Fsp3) is 0.625. The Bertz CT molecular complexity index is 722. The molecule has 1 aromatic carbocycles. The SMILES string of the molecule is CC(C)(C)[Si](C)(C)O[C@H](/C=C/[C@@H]1[C@H]2CC(=O)O[C@H]2C[C@H]1O)CCc1ccccc1. The Hall–Kier alpha value is -1.43. The zero-order valence-electron chi connectivity index (χ0n) is 18.4. The molecule has 5 atom stereocenters. The number of esters is 1. The Labute approximate surface area is 176 Å². The number of aryl methyl sites for hydroxylation is 1. The fourth-order valence-corrected chi connectivity index (χ4v) is 5.45. The molecule has 1 aliphatic carbocycles.